The Kier molecular flexibility index (Phi) is 13.7. The molecule has 0 aromatic heterocycles. The molecule has 3 rings (SSSR count). The second-order valence-electron chi connectivity index (χ2n) is 10.8. The zero-order chi connectivity index (χ0) is 29.6. The fourth-order valence-electron chi connectivity index (χ4n) is 5.02. The number of carbonyl (C=O) groups excluding carboxylic acids is 3. The van der Waals surface area contributed by atoms with Crippen LogP contribution in [0.15, 0.2) is 48.5 Å². The summed E-state index contributed by atoms with van der Waals surface area (Å²) in [6.07, 6.45) is 6.33. The van der Waals surface area contributed by atoms with E-state index >= 15 is 0 Å². The van der Waals surface area contributed by atoms with Gasteiger partial charge in [0, 0.05) is 30.1 Å². The van der Waals surface area contributed by atoms with E-state index in [-0.39, 0.29) is 32.0 Å². The summed E-state index contributed by atoms with van der Waals surface area (Å²) in [5, 5.41) is 16.7. The van der Waals surface area contributed by atoms with Gasteiger partial charge in [-0.3, -0.25) is 9.59 Å². The maximum atomic E-state index is 13.3. The lowest BCUT2D eigenvalue weighted by molar-refractivity contribution is -0.130. The number of hydrogen-bond acceptors (Lipinski definition) is 5. The summed E-state index contributed by atoms with van der Waals surface area (Å²) in [5.74, 6) is -0.151. The molecule has 3 N–H and O–H groups in total. The molecule has 0 bridgehead atoms. The number of nitrogens with zero attached hydrogens (tertiary/aromatic N) is 1. The number of carbonyl (C=O) groups is 3. The van der Waals surface area contributed by atoms with E-state index in [1.807, 2.05) is 24.3 Å². The maximum Gasteiger partial charge on any atom is 0.408 e. The normalized spacial score (nSPS) is 15.0. The van der Waals surface area contributed by atoms with Crippen molar-refractivity contribution in [3.63, 3.8) is 0 Å². The summed E-state index contributed by atoms with van der Waals surface area (Å²) < 4.78 is 5.36. The molecule has 1 aliphatic rings. The molecule has 1 aliphatic carbocycles. The van der Waals surface area contributed by atoms with Crippen molar-refractivity contribution in [1.82, 2.24) is 15.5 Å². The van der Waals surface area contributed by atoms with Gasteiger partial charge in [0.15, 0.2) is 0 Å². The Morgan fingerprint density at radius 3 is 2.41 bits per heavy atom. The summed E-state index contributed by atoms with van der Waals surface area (Å²) in [6, 6.07) is 13.1. The lowest BCUT2D eigenvalue weighted by Gasteiger charge is -2.28. The molecular formula is C31H41Cl2N3O5. The number of alkyl carbamates (subject to hydrolysis) is 1. The molecular weight excluding hydrogens is 565 g/mol. The zero-order valence-electron chi connectivity index (χ0n) is 23.6. The Labute approximate surface area is 252 Å². The molecule has 3 amide bonds. The highest BCUT2D eigenvalue weighted by Crippen LogP contribution is 2.27. The number of benzene rings is 2. The lowest BCUT2D eigenvalue weighted by Crippen LogP contribution is -2.51. The van der Waals surface area contributed by atoms with Gasteiger partial charge < -0.3 is 25.4 Å². The summed E-state index contributed by atoms with van der Waals surface area (Å²) in [6.45, 7) is 0.251. The standard InChI is InChI=1S/C31H41Cl2N3O5/c1-36(17-16-22-10-12-25(32)13-11-22)29(38)15-14-27(20-37)34-30(39)28(19-23-6-3-2-4-7-23)35-31(40)41-21-24-8-5-9-26(33)18-24/h5,8-13,18,23,27-28,37H,2-4,6-7,14-17,19-21H2,1H3,(H,34,39)(H,35,40)/t27-,28-/m0/s1. The molecule has 41 heavy (non-hydrogen) atoms. The van der Waals surface area contributed by atoms with Crippen LogP contribution in [0, 0.1) is 5.92 Å². The highest BCUT2D eigenvalue weighted by atomic mass is 35.5. The van der Waals surface area contributed by atoms with Crippen molar-refractivity contribution in [3.05, 3.63) is 69.7 Å². The smallest absolute Gasteiger partial charge is 0.408 e. The van der Waals surface area contributed by atoms with Crippen LogP contribution in [-0.2, 0) is 27.4 Å². The highest BCUT2D eigenvalue weighted by Gasteiger charge is 2.28. The van der Waals surface area contributed by atoms with Gasteiger partial charge in [-0.1, -0.05) is 79.6 Å². The molecule has 2 atom stereocenters. The number of rotatable bonds is 14. The number of nitrogens with one attached hydrogen (secondary N) is 2. The number of likely N-dealkylation sites (N-methyl/N-ethyl adjacent to an activating group) is 1. The minimum atomic E-state index is -0.809. The molecule has 0 saturated heterocycles. The molecule has 10 heteroatoms. The van der Waals surface area contributed by atoms with E-state index in [0.717, 1.165) is 36.8 Å². The Bertz CT molecular complexity index is 1120. The van der Waals surface area contributed by atoms with Crippen LogP contribution in [0.3, 0.4) is 0 Å². The molecule has 0 radical (unpaired) electrons. The molecule has 8 nitrogen and oxygen atoms in total. The molecule has 0 spiro atoms. The molecule has 1 saturated carbocycles. The topological polar surface area (TPSA) is 108 Å². The second kappa shape index (κ2) is 17.2. The van der Waals surface area contributed by atoms with Gasteiger partial charge in [0.25, 0.3) is 0 Å². The first-order valence-electron chi connectivity index (χ1n) is 14.3. The van der Waals surface area contributed by atoms with Gasteiger partial charge in [-0.25, -0.2) is 4.79 Å². The summed E-state index contributed by atoms with van der Waals surface area (Å²) in [5.41, 5.74) is 1.82. The predicted molar refractivity (Wildman–Crippen MR) is 161 cm³/mol. The molecule has 0 aliphatic heterocycles. The second-order valence-corrected chi connectivity index (χ2v) is 11.6. The van der Waals surface area contributed by atoms with Gasteiger partial charge in [0.05, 0.1) is 12.6 Å². The highest BCUT2D eigenvalue weighted by molar-refractivity contribution is 6.30. The first-order chi connectivity index (χ1) is 19.7. The number of amides is 3. The predicted octanol–water partition coefficient (Wildman–Crippen LogP) is 5.52. The Morgan fingerprint density at radius 1 is 1.00 bits per heavy atom. The van der Waals surface area contributed by atoms with Gasteiger partial charge in [-0.05, 0) is 60.6 Å². The molecule has 2 aromatic carbocycles. The number of ether oxygens (including phenoxy) is 1. The van der Waals surface area contributed by atoms with E-state index in [9.17, 15) is 19.5 Å². The minimum absolute atomic E-state index is 0.0249. The number of hydrogen-bond donors (Lipinski definition) is 3. The number of aliphatic hydroxyl groups excluding tert-OH is 1. The van der Waals surface area contributed by atoms with Crippen LogP contribution < -0.4 is 10.6 Å². The van der Waals surface area contributed by atoms with Crippen LogP contribution in [0.5, 0.6) is 0 Å². The SMILES string of the molecule is CN(CCc1ccc(Cl)cc1)C(=O)CC[C@@H](CO)NC(=O)[C@H](CC1CCCCC1)NC(=O)OCc1cccc(Cl)c1. The van der Waals surface area contributed by atoms with E-state index in [1.165, 1.54) is 6.42 Å². The Hall–Kier alpha value is -2.81. The molecule has 0 unspecified atom stereocenters. The molecule has 0 heterocycles. The van der Waals surface area contributed by atoms with Crippen LogP contribution in [0.25, 0.3) is 0 Å². The summed E-state index contributed by atoms with van der Waals surface area (Å²) in [7, 11) is 1.74. The van der Waals surface area contributed by atoms with Crippen LogP contribution in [0.2, 0.25) is 10.0 Å². The van der Waals surface area contributed by atoms with E-state index < -0.39 is 24.1 Å². The maximum absolute atomic E-state index is 13.3. The number of aliphatic hydroxyl groups is 1. The first-order valence-corrected chi connectivity index (χ1v) is 15.1. The quantitative estimate of drug-likeness (QED) is 0.263. The van der Waals surface area contributed by atoms with Gasteiger partial charge >= 0.3 is 6.09 Å². The third-order valence-corrected chi connectivity index (χ3v) is 8.00. The van der Waals surface area contributed by atoms with Crippen molar-refractivity contribution in [2.24, 2.45) is 5.92 Å². The summed E-state index contributed by atoms with van der Waals surface area (Å²) in [4.78, 5) is 40.3. The van der Waals surface area contributed by atoms with E-state index in [1.54, 1.807) is 36.2 Å². The van der Waals surface area contributed by atoms with Crippen LogP contribution in [0.1, 0.15) is 62.5 Å². The third-order valence-electron chi connectivity index (χ3n) is 7.51. The number of halogens is 2. The third kappa shape index (κ3) is 11.9. The van der Waals surface area contributed by atoms with Crippen molar-refractivity contribution >= 4 is 41.1 Å². The average Bonchev–Trinajstić information content (AvgIpc) is 2.97. The van der Waals surface area contributed by atoms with Gasteiger partial charge in [0.1, 0.15) is 12.6 Å². The summed E-state index contributed by atoms with van der Waals surface area (Å²) >= 11 is 11.9. The van der Waals surface area contributed by atoms with Crippen molar-refractivity contribution in [2.45, 2.75) is 76.5 Å². The molecule has 224 valence electrons. The molecule has 1 fully saturated rings. The van der Waals surface area contributed by atoms with Crippen LogP contribution in [0.4, 0.5) is 4.79 Å². The van der Waals surface area contributed by atoms with E-state index in [4.69, 9.17) is 27.9 Å². The van der Waals surface area contributed by atoms with Crippen molar-refractivity contribution in [2.75, 3.05) is 20.2 Å². The Morgan fingerprint density at radius 2 is 1.73 bits per heavy atom. The average molecular weight is 607 g/mol. The lowest BCUT2D eigenvalue weighted by atomic mass is 9.84. The van der Waals surface area contributed by atoms with Crippen LogP contribution >= 0.6 is 23.2 Å². The van der Waals surface area contributed by atoms with Crippen molar-refractivity contribution < 1.29 is 24.2 Å². The first kappa shape index (κ1) is 32.7. The van der Waals surface area contributed by atoms with Gasteiger partial charge in [-0.15, -0.1) is 0 Å². The zero-order valence-corrected chi connectivity index (χ0v) is 25.1. The van der Waals surface area contributed by atoms with Crippen LogP contribution in [-0.4, -0.2) is 60.2 Å². The van der Waals surface area contributed by atoms with E-state index in [0.29, 0.717) is 35.3 Å². The Balaban J connectivity index is 1.51. The minimum Gasteiger partial charge on any atom is -0.445 e. The van der Waals surface area contributed by atoms with Gasteiger partial charge in [0.2, 0.25) is 11.8 Å². The van der Waals surface area contributed by atoms with Gasteiger partial charge in [-0.2, -0.15) is 0 Å². The van der Waals surface area contributed by atoms with Crippen molar-refractivity contribution in [1.29, 1.82) is 0 Å². The molecule has 2 aromatic rings. The fraction of sp³-hybridized carbons (Fsp3) is 0.516. The van der Waals surface area contributed by atoms with Crippen molar-refractivity contribution in [3.8, 4) is 0 Å². The fourth-order valence-corrected chi connectivity index (χ4v) is 5.36. The monoisotopic (exact) mass is 605 g/mol. The van der Waals surface area contributed by atoms with E-state index in [2.05, 4.69) is 10.6 Å². The largest absolute Gasteiger partial charge is 0.445 e.